The first-order valence-corrected chi connectivity index (χ1v) is 7.19. The summed E-state index contributed by atoms with van der Waals surface area (Å²) in [5.74, 6) is 0.595. The van der Waals surface area contributed by atoms with E-state index in [1.807, 2.05) is 0 Å². The Morgan fingerprint density at radius 1 is 1.20 bits per heavy atom. The fourth-order valence-electron chi connectivity index (χ4n) is 0.919. The van der Waals surface area contributed by atoms with Crippen molar-refractivity contribution >= 4 is 10.1 Å². The lowest BCUT2D eigenvalue weighted by Crippen LogP contribution is -2.07. The van der Waals surface area contributed by atoms with E-state index >= 15 is 0 Å². The van der Waals surface area contributed by atoms with Gasteiger partial charge in [-0.15, -0.1) is 0 Å². The molecule has 0 rings (SSSR count). The summed E-state index contributed by atoms with van der Waals surface area (Å²) in [5.41, 5.74) is 0. The molecular formula is C10H22O4S. The van der Waals surface area contributed by atoms with Crippen molar-refractivity contribution in [1.29, 1.82) is 0 Å². The molecule has 0 amide bonds. The van der Waals surface area contributed by atoms with E-state index in [9.17, 15) is 8.42 Å². The molecule has 0 aromatic carbocycles. The summed E-state index contributed by atoms with van der Waals surface area (Å²) in [6.07, 6.45) is 3.74. The maximum Gasteiger partial charge on any atom is 0.264 e. The van der Waals surface area contributed by atoms with Crippen LogP contribution in [0.4, 0.5) is 0 Å². The molecule has 0 spiro atoms. The summed E-state index contributed by atoms with van der Waals surface area (Å²) in [7, 11) is -3.28. The number of hydrogen-bond donors (Lipinski definition) is 0. The van der Waals surface area contributed by atoms with Crippen LogP contribution in [0.25, 0.3) is 0 Å². The fraction of sp³-hybridized carbons (Fsp3) is 1.00. The van der Waals surface area contributed by atoms with Crippen LogP contribution in [0, 0.1) is 5.92 Å². The van der Waals surface area contributed by atoms with E-state index in [4.69, 9.17) is 4.74 Å². The summed E-state index contributed by atoms with van der Waals surface area (Å²) in [5, 5.41) is 0. The van der Waals surface area contributed by atoms with Crippen LogP contribution in [-0.2, 0) is 19.0 Å². The summed E-state index contributed by atoms with van der Waals surface area (Å²) < 4.78 is 31.2. The highest BCUT2D eigenvalue weighted by molar-refractivity contribution is 7.85. The maximum absolute atomic E-state index is 10.6. The van der Waals surface area contributed by atoms with Gasteiger partial charge in [0.05, 0.1) is 12.9 Å². The molecule has 0 aliphatic carbocycles. The van der Waals surface area contributed by atoms with Crippen LogP contribution in [0.15, 0.2) is 0 Å². The smallest absolute Gasteiger partial charge is 0.264 e. The Hall–Kier alpha value is -0.130. The van der Waals surface area contributed by atoms with Gasteiger partial charge in [-0.25, -0.2) is 0 Å². The molecule has 0 aromatic rings. The molecule has 0 heterocycles. The van der Waals surface area contributed by atoms with Crippen molar-refractivity contribution in [2.24, 2.45) is 5.92 Å². The van der Waals surface area contributed by atoms with Gasteiger partial charge in [0.15, 0.2) is 0 Å². The Kier molecular flexibility index (Phi) is 8.00. The zero-order valence-corrected chi connectivity index (χ0v) is 10.7. The average Bonchev–Trinajstić information content (AvgIpc) is 2.14. The molecule has 0 N–H and O–H groups in total. The third-order valence-corrected chi connectivity index (χ3v) is 2.67. The molecular weight excluding hydrogens is 216 g/mol. The van der Waals surface area contributed by atoms with Crippen molar-refractivity contribution in [3.63, 3.8) is 0 Å². The van der Waals surface area contributed by atoms with Gasteiger partial charge in [-0.2, -0.15) is 8.42 Å². The molecule has 92 valence electrons. The summed E-state index contributed by atoms with van der Waals surface area (Å²) >= 11 is 0. The second-order valence-electron chi connectivity index (χ2n) is 3.82. The Morgan fingerprint density at radius 2 is 1.80 bits per heavy atom. The van der Waals surface area contributed by atoms with Crippen LogP contribution in [-0.4, -0.2) is 34.5 Å². The summed E-state index contributed by atoms with van der Waals surface area (Å²) in [6.45, 7) is 5.99. The first kappa shape index (κ1) is 14.9. The predicted molar refractivity (Wildman–Crippen MR) is 60.3 cm³/mol. The monoisotopic (exact) mass is 238 g/mol. The lowest BCUT2D eigenvalue weighted by atomic mass is 10.1. The Morgan fingerprint density at radius 3 is 2.33 bits per heavy atom. The molecule has 0 aromatic heterocycles. The first-order valence-electron chi connectivity index (χ1n) is 5.38. The van der Waals surface area contributed by atoms with Crippen LogP contribution in [0.2, 0.25) is 0 Å². The average molecular weight is 238 g/mol. The van der Waals surface area contributed by atoms with E-state index in [1.165, 1.54) is 0 Å². The third-order valence-electron chi connectivity index (χ3n) is 2.08. The third kappa shape index (κ3) is 11.8. The zero-order valence-electron chi connectivity index (χ0n) is 9.86. The van der Waals surface area contributed by atoms with Crippen molar-refractivity contribution in [3.05, 3.63) is 0 Å². The zero-order chi connectivity index (χ0) is 11.7. The van der Waals surface area contributed by atoms with Gasteiger partial charge in [0, 0.05) is 13.2 Å². The minimum atomic E-state index is -3.28. The SMILES string of the molecule is CCC(C)COCCCCOS(C)(=O)=O. The minimum Gasteiger partial charge on any atom is -0.381 e. The highest BCUT2D eigenvalue weighted by Crippen LogP contribution is 2.01. The molecule has 0 fully saturated rings. The molecule has 4 nitrogen and oxygen atoms in total. The molecule has 1 unspecified atom stereocenters. The molecule has 1 atom stereocenters. The van der Waals surface area contributed by atoms with Crippen LogP contribution in [0.1, 0.15) is 33.1 Å². The Bertz CT molecular complexity index is 236. The second kappa shape index (κ2) is 8.07. The molecule has 0 aliphatic heterocycles. The molecule has 5 heteroatoms. The molecule has 0 radical (unpaired) electrons. The fourth-order valence-corrected chi connectivity index (χ4v) is 1.34. The van der Waals surface area contributed by atoms with Crippen molar-refractivity contribution in [1.82, 2.24) is 0 Å². The number of ether oxygens (including phenoxy) is 1. The summed E-state index contributed by atoms with van der Waals surface area (Å²) in [6, 6.07) is 0. The van der Waals surface area contributed by atoms with E-state index in [1.54, 1.807) is 0 Å². The lowest BCUT2D eigenvalue weighted by Gasteiger charge is -2.08. The van der Waals surface area contributed by atoms with Crippen molar-refractivity contribution in [3.8, 4) is 0 Å². The molecule has 0 saturated carbocycles. The van der Waals surface area contributed by atoms with E-state index in [2.05, 4.69) is 18.0 Å². The van der Waals surface area contributed by atoms with Crippen LogP contribution in [0.3, 0.4) is 0 Å². The Balaban J connectivity index is 3.19. The van der Waals surface area contributed by atoms with Crippen LogP contribution < -0.4 is 0 Å². The van der Waals surface area contributed by atoms with Gasteiger partial charge < -0.3 is 4.74 Å². The second-order valence-corrected chi connectivity index (χ2v) is 5.47. The van der Waals surface area contributed by atoms with E-state index in [0.29, 0.717) is 18.9 Å². The van der Waals surface area contributed by atoms with Gasteiger partial charge in [0.2, 0.25) is 0 Å². The minimum absolute atomic E-state index is 0.255. The van der Waals surface area contributed by atoms with Gasteiger partial charge in [-0.1, -0.05) is 20.3 Å². The van der Waals surface area contributed by atoms with Crippen molar-refractivity contribution < 1.29 is 17.3 Å². The number of hydrogen-bond acceptors (Lipinski definition) is 4. The van der Waals surface area contributed by atoms with Crippen LogP contribution in [0.5, 0.6) is 0 Å². The summed E-state index contributed by atoms with van der Waals surface area (Å²) in [4.78, 5) is 0. The first-order chi connectivity index (χ1) is 6.95. The number of unbranched alkanes of at least 4 members (excludes halogenated alkanes) is 1. The highest BCUT2D eigenvalue weighted by Gasteiger charge is 2.01. The van der Waals surface area contributed by atoms with Crippen LogP contribution >= 0.6 is 0 Å². The highest BCUT2D eigenvalue weighted by atomic mass is 32.2. The van der Waals surface area contributed by atoms with E-state index < -0.39 is 10.1 Å². The molecule has 0 bridgehead atoms. The lowest BCUT2D eigenvalue weighted by molar-refractivity contribution is 0.0979. The number of rotatable bonds is 9. The quantitative estimate of drug-likeness (QED) is 0.454. The van der Waals surface area contributed by atoms with Gasteiger partial charge in [0.1, 0.15) is 0 Å². The topological polar surface area (TPSA) is 52.6 Å². The van der Waals surface area contributed by atoms with Crippen molar-refractivity contribution in [2.75, 3.05) is 26.1 Å². The van der Waals surface area contributed by atoms with Gasteiger partial charge in [-0.05, 0) is 18.8 Å². The van der Waals surface area contributed by atoms with Crippen molar-refractivity contribution in [2.45, 2.75) is 33.1 Å². The largest absolute Gasteiger partial charge is 0.381 e. The standard InChI is InChI=1S/C10H22O4S/c1-4-10(2)9-13-7-5-6-8-14-15(3,11)12/h10H,4-9H2,1-3H3. The van der Waals surface area contributed by atoms with Gasteiger partial charge in [0.25, 0.3) is 10.1 Å². The molecule has 15 heavy (non-hydrogen) atoms. The normalized spacial score (nSPS) is 14.1. The Labute approximate surface area is 93.1 Å². The van der Waals surface area contributed by atoms with E-state index in [-0.39, 0.29) is 6.61 Å². The van der Waals surface area contributed by atoms with E-state index in [0.717, 1.165) is 25.7 Å². The predicted octanol–water partition coefficient (Wildman–Crippen LogP) is 1.81. The van der Waals surface area contributed by atoms with Gasteiger partial charge in [-0.3, -0.25) is 4.18 Å². The molecule has 0 saturated heterocycles. The van der Waals surface area contributed by atoms with Gasteiger partial charge >= 0.3 is 0 Å². The molecule has 0 aliphatic rings. The maximum atomic E-state index is 10.6.